The van der Waals surface area contributed by atoms with Crippen LogP contribution >= 0.6 is 0 Å². The summed E-state index contributed by atoms with van der Waals surface area (Å²) in [4.78, 5) is 21.1. The maximum atomic E-state index is 10.6. The van der Waals surface area contributed by atoms with Gasteiger partial charge in [0.1, 0.15) is 0 Å². The quantitative estimate of drug-likeness (QED) is 0.718. The third-order valence-corrected chi connectivity index (χ3v) is 2.21. The molecule has 0 bridgehead atoms. The molecule has 0 aliphatic heterocycles. The third kappa shape index (κ3) is 5.12. The van der Waals surface area contributed by atoms with E-state index < -0.39 is 11.9 Å². The number of rotatable bonds is 7. The van der Waals surface area contributed by atoms with Gasteiger partial charge in [-0.2, -0.15) is 0 Å². The van der Waals surface area contributed by atoms with Crippen molar-refractivity contribution in [2.75, 3.05) is 13.7 Å². The zero-order valence-corrected chi connectivity index (χ0v) is 10.5. The first-order valence-electron chi connectivity index (χ1n) is 5.53. The molecule has 19 heavy (non-hydrogen) atoms. The van der Waals surface area contributed by atoms with Gasteiger partial charge in [0.05, 0.1) is 20.1 Å². The molecule has 102 valence electrons. The van der Waals surface area contributed by atoms with Gasteiger partial charge in [-0.1, -0.05) is 6.07 Å². The molecule has 0 fully saturated rings. The van der Waals surface area contributed by atoms with Gasteiger partial charge >= 0.3 is 5.97 Å². The van der Waals surface area contributed by atoms with E-state index in [1.165, 1.54) is 13.2 Å². The van der Waals surface area contributed by atoms with Gasteiger partial charge in [0.2, 0.25) is 5.91 Å². The number of carbonyl (C=O) groups excluding carboxylic acids is 1. The molecule has 0 atom stereocenters. The van der Waals surface area contributed by atoms with Gasteiger partial charge in [0, 0.05) is 6.08 Å². The first-order valence-corrected chi connectivity index (χ1v) is 5.53. The molecule has 0 saturated carbocycles. The lowest BCUT2D eigenvalue weighted by Gasteiger charge is -2.10. The monoisotopic (exact) mass is 265 g/mol. The average molecular weight is 265 g/mol. The first-order chi connectivity index (χ1) is 9.02. The van der Waals surface area contributed by atoms with Crippen LogP contribution in [-0.2, 0) is 9.59 Å². The van der Waals surface area contributed by atoms with E-state index in [0.29, 0.717) is 17.1 Å². The fourth-order valence-corrected chi connectivity index (χ4v) is 1.34. The Balaban J connectivity index is 2.83. The fourth-order valence-electron chi connectivity index (χ4n) is 1.34. The minimum absolute atomic E-state index is 0.0956. The minimum Gasteiger partial charge on any atom is -0.493 e. The Labute approximate surface area is 110 Å². The Morgan fingerprint density at radius 3 is 2.68 bits per heavy atom. The molecule has 0 heterocycles. The van der Waals surface area contributed by atoms with E-state index in [1.807, 2.05) is 0 Å². The molecule has 1 amide bonds. The van der Waals surface area contributed by atoms with Crippen LogP contribution in [-0.4, -0.2) is 30.7 Å². The standard InChI is InChI=1S/C13H15NO5/c1-18-10-4-2-9(3-5-13(16)17)8-11(10)19-7-6-12(14)15/h2-5,8H,6-7H2,1H3,(H2,14,15)(H,16,17)/b5-3+. The van der Waals surface area contributed by atoms with E-state index in [2.05, 4.69) is 0 Å². The van der Waals surface area contributed by atoms with E-state index in [4.69, 9.17) is 20.3 Å². The lowest BCUT2D eigenvalue weighted by Crippen LogP contribution is -2.14. The molecule has 0 aromatic heterocycles. The number of aliphatic carboxylic acids is 1. The summed E-state index contributed by atoms with van der Waals surface area (Å²) in [6.45, 7) is 0.137. The minimum atomic E-state index is -1.04. The molecule has 3 N–H and O–H groups in total. The molecule has 6 nitrogen and oxygen atoms in total. The molecular formula is C13H15NO5. The van der Waals surface area contributed by atoms with Gasteiger partial charge in [-0.25, -0.2) is 4.79 Å². The van der Waals surface area contributed by atoms with Crippen LogP contribution in [0.4, 0.5) is 0 Å². The zero-order chi connectivity index (χ0) is 14.3. The molecule has 0 aliphatic rings. The van der Waals surface area contributed by atoms with Gasteiger partial charge < -0.3 is 20.3 Å². The van der Waals surface area contributed by atoms with E-state index in [-0.39, 0.29) is 13.0 Å². The zero-order valence-electron chi connectivity index (χ0n) is 10.5. The maximum absolute atomic E-state index is 10.6. The van der Waals surface area contributed by atoms with Gasteiger partial charge in [-0.15, -0.1) is 0 Å². The molecule has 0 spiro atoms. The van der Waals surface area contributed by atoms with E-state index in [9.17, 15) is 9.59 Å². The van der Waals surface area contributed by atoms with Crippen LogP contribution in [0.15, 0.2) is 24.3 Å². The van der Waals surface area contributed by atoms with Gasteiger partial charge in [0.25, 0.3) is 0 Å². The second-order valence-corrected chi connectivity index (χ2v) is 3.65. The number of carboxylic acid groups (broad SMARTS) is 1. The number of ether oxygens (including phenoxy) is 2. The molecular weight excluding hydrogens is 250 g/mol. The Hall–Kier alpha value is -2.50. The van der Waals surface area contributed by atoms with Crippen molar-refractivity contribution in [1.82, 2.24) is 0 Å². The number of carboxylic acids is 1. The number of hydrogen-bond acceptors (Lipinski definition) is 4. The first kappa shape index (κ1) is 14.6. The molecule has 1 aromatic carbocycles. The summed E-state index contributed by atoms with van der Waals surface area (Å²) < 4.78 is 10.5. The molecule has 1 rings (SSSR count). The Morgan fingerprint density at radius 2 is 2.11 bits per heavy atom. The van der Waals surface area contributed by atoms with Crippen molar-refractivity contribution in [2.45, 2.75) is 6.42 Å². The molecule has 0 saturated heterocycles. The van der Waals surface area contributed by atoms with Crippen LogP contribution in [0.25, 0.3) is 6.08 Å². The van der Waals surface area contributed by atoms with Gasteiger partial charge in [-0.3, -0.25) is 4.79 Å². The van der Waals surface area contributed by atoms with E-state index in [0.717, 1.165) is 6.08 Å². The lowest BCUT2D eigenvalue weighted by atomic mass is 10.2. The summed E-state index contributed by atoms with van der Waals surface area (Å²) in [6, 6.07) is 4.97. The summed E-state index contributed by atoms with van der Waals surface area (Å²) in [6.07, 6.45) is 2.55. The molecule has 6 heteroatoms. The van der Waals surface area contributed by atoms with Crippen LogP contribution in [0.1, 0.15) is 12.0 Å². The van der Waals surface area contributed by atoms with Crippen LogP contribution < -0.4 is 15.2 Å². The second kappa shape index (κ2) is 7.05. The number of carbonyl (C=O) groups is 2. The second-order valence-electron chi connectivity index (χ2n) is 3.65. The highest BCUT2D eigenvalue weighted by molar-refractivity contribution is 5.85. The van der Waals surface area contributed by atoms with Crippen LogP contribution in [0.3, 0.4) is 0 Å². The number of nitrogens with two attached hydrogens (primary N) is 1. The van der Waals surface area contributed by atoms with E-state index in [1.54, 1.807) is 18.2 Å². The lowest BCUT2D eigenvalue weighted by molar-refractivity contribution is -0.131. The van der Waals surface area contributed by atoms with Crippen molar-refractivity contribution in [3.05, 3.63) is 29.8 Å². The Morgan fingerprint density at radius 1 is 1.37 bits per heavy atom. The van der Waals surface area contributed by atoms with Crippen molar-refractivity contribution in [2.24, 2.45) is 5.73 Å². The highest BCUT2D eigenvalue weighted by atomic mass is 16.5. The average Bonchev–Trinajstić information content (AvgIpc) is 2.36. The summed E-state index contributed by atoms with van der Waals surface area (Å²) in [5.41, 5.74) is 5.66. The number of benzene rings is 1. The normalized spacial score (nSPS) is 10.4. The summed E-state index contributed by atoms with van der Waals surface area (Å²) in [5.74, 6) is -0.568. The predicted octanol–water partition coefficient (Wildman–Crippen LogP) is 1.05. The smallest absolute Gasteiger partial charge is 0.328 e. The number of primary amides is 1. The largest absolute Gasteiger partial charge is 0.493 e. The van der Waals surface area contributed by atoms with Gasteiger partial charge in [0.15, 0.2) is 11.5 Å². The molecule has 0 unspecified atom stereocenters. The predicted molar refractivity (Wildman–Crippen MR) is 69.0 cm³/mol. The topological polar surface area (TPSA) is 98.8 Å². The Bertz CT molecular complexity index is 496. The maximum Gasteiger partial charge on any atom is 0.328 e. The third-order valence-electron chi connectivity index (χ3n) is 2.21. The van der Waals surface area contributed by atoms with Crippen molar-refractivity contribution >= 4 is 18.0 Å². The van der Waals surface area contributed by atoms with Gasteiger partial charge in [-0.05, 0) is 23.8 Å². The summed E-state index contributed by atoms with van der Waals surface area (Å²) in [5, 5.41) is 8.55. The van der Waals surface area contributed by atoms with Crippen molar-refractivity contribution < 1.29 is 24.2 Å². The molecule has 1 aromatic rings. The van der Waals surface area contributed by atoms with Crippen LogP contribution in [0.5, 0.6) is 11.5 Å². The van der Waals surface area contributed by atoms with Crippen molar-refractivity contribution in [3.63, 3.8) is 0 Å². The summed E-state index contributed by atoms with van der Waals surface area (Å²) in [7, 11) is 1.49. The van der Waals surface area contributed by atoms with Crippen molar-refractivity contribution in [3.8, 4) is 11.5 Å². The highest BCUT2D eigenvalue weighted by Crippen LogP contribution is 2.28. The number of methoxy groups -OCH3 is 1. The molecule has 0 radical (unpaired) electrons. The highest BCUT2D eigenvalue weighted by Gasteiger charge is 2.05. The van der Waals surface area contributed by atoms with E-state index >= 15 is 0 Å². The molecule has 0 aliphatic carbocycles. The van der Waals surface area contributed by atoms with Crippen LogP contribution in [0, 0.1) is 0 Å². The fraction of sp³-hybridized carbons (Fsp3) is 0.231. The Kier molecular flexibility index (Phi) is 5.40. The number of hydrogen-bond donors (Lipinski definition) is 2. The van der Waals surface area contributed by atoms with Crippen molar-refractivity contribution in [1.29, 1.82) is 0 Å². The SMILES string of the molecule is COc1ccc(/C=C/C(=O)O)cc1OCCC(N)=O. The summed E-state index contributed by atoms with van der Waals surface area (Å²) >= 11 is 0. The number of amides is 1. The van der Waals surface area contributed by atoms with Crippen LogP contribution in [0.2, 0.25) is 0 Å².